The molecule has 0 bridgehead atoms. The van der Waals surface area contributed by atoms with E-state index >= 15 is 0 Å². The number of hydrogen-bond donors (Lipinski definition) is 1. The molecule has 4 heteroatoms. The molecule has 2 atom stereocenters. The van der Waals surface area contributed by atoms with Gasteiger partial charge in [-0.2, -0.15) is 0 Å². The SMILES string of the molecule is CCOC1OC1c1ncccc1O. The van der Waals surface area contributed by atoms with Crippen LogP contribution in [0.15, 0.2) is 18.3 Å². The summed E-state index contributed by atoms with van der Waals surface area (Å²) in [5, 5.41) is 9.41. The van der Waals surface area contributed by atoms with E-state index in [1.54, 1.807) is 18.3 Å². The first-order chi connectivity index (χ1) is 6.33. The van der Waals surface area contributed by atoms with Gasteiger partial charge in [-0.25, -0.2) is 0 Å². The summed E-state index contributed by atoms with van der Waals surface area (Å²) in [6.07, 6.45) is 1.20. The van der Waals surface area contributed by atoms with E-state index in [2.05, 4.69) is 4.98 Å². The Balaban J connectivity index is 2.07. The van der Waals surface area contributed by atoms with Gasteiger partial charge in [-0.15, -0.1) is 0 Å². The fourth-order valence-corrected chi connectivity index (χ4v) is 1.21. The van der Waals surface area contributed by atoms with Crippen LogP contribution in [0.4, 0.5) is 0 Å². The number of nitrogens with zero attached hydrogens (tertiary/aromatic N) is 1. The standard InChI is InChI=1S/C9H11NO3/c1-2-12-9-8(13-9)7-6(11)4-3-5-10-7/h3-5,8-9,11H,2H2,1H3. The maximum Gasteiger partial charge on any atom is 0.190 e. The number of pyridine rings is 1. The van der Waals surface area contributed by atoms with E-state index in [0.717, 1.165) is 0 Å². The lowest BCUT2D eigenvalue weighted by molar-refractivity contribution is 0.0593. The maximum atomic E-state index is 9.41. The molecule has 0 aromatic carbocycles. The van der Waals surface area contributed by atoms with Gasteiger partial charge in [0.15, 0.2) is 12.4 Å². The number of epoxide rings is 1. The highest BCUT2D eigenvalue weighted by atomic mass is 16.8. The molecule has 1 aliphatic heterocycles. The Labute approximate surface area is 76.1 Å². The van der Waals surface area contributed by atoms with Crippen molar-refractivity contribution in [3.05, 3.63) is 24.0 Å². The lowest BCUT2D eigenvalue weighted by atomic mass is 10.2. The van der Waals surface area contributed by atoms with Gasteiger partial charge in [-0.05, 0) is 19.1 Å². The minimum absolute atomic E-state index is 0.162. The average Bonchev–Trinajstić information content (AvgIpc) is 2.86. The van der Waals surface area contributed by atoms with Crippen molar-refractivity contribution in [1.82, 2.24) is 4.98 Å². The Hall–Kier alpha value is -1.13. The molecule has 1 N–H and O–H groups in total. The summed E-state index contributed by atoms with van der Waals surface area (Å²) in [6.45, 7) is 2.51. The van der Waals surface area contributed by atoms with E-state index in [9.17, 15) is 5.11 Å². The van der Waals surface area contributed by atoms with Crippen LogP contribution in [-0.4, -0.2) is 23.0 Å². The fraction of sp³-hybridized carbons (Fsp3) is 0.444. The van der Waals surface area contributed by atoms with E-state index in [0.29, 0.717) is 12.3 Å². The van der Waals surface area contributed by atoms with Crippen molar-refractivity contribution in [2.24, 2.45) is 0 Å². The molecule has 0 radical (unpaired) electrons. The van der Waals surface area contributed by atoms with E-state index < -0.39 is 0 Å². The van der Waals surface area contributed by atoms with Crippen molar-refractivity contribution in [3.63, 3.8) is 0 Å². The molecule has 0 amide bonds. The minimum atomic E-state index is -0.231. The third-order valence-electron chi connectivity index (χ3n) is 1.87. The van der Waals surface area contributed by atoms with Crippen LogP contribution in [-0.2, 0) is 9.47 Å². The zero-order valence-corrected chi connectivity index (χ0v) is 7.30. The van der Waals surface area contributed by atoms with Gasteiger partial charge in [0, 0.05) is 12.8 Å². The minimum Gasteiger partial charge on any atom is -0.506 e. The summed E-state index contributed by atoms with van der Waals surface area (Å²) in [7, 11) is 0. The normalized spacial score (nSPS) is 25.9. The zero-order valence-electron chi connectivity index (χ0n) is 7.30. The van der Waals surface area contributed by atoms with Crippen molar-refractivity contribution < 1.29 is 14.6 Å². The molecule has 1 aliphatic rings. The van der Waals surface area contributed by atoms with Crippen LogP contribution >= 0.6 is 0 Å². The summed E-state index contributed by atoms with van der Waals surface area (Å²) in [4.78, 5) is 4.02. The van der Waals surface area contributed by atoms with Crippen molar-refractivity contribution in [3.8, 4) is 5.75 Å². The second-order valence-corrected chi connectivity index (χ2v) is 2.79. The molecule has 2 rings (SSSR count). The molecule has 2 unspecified atom stereocenters. The van der Waals surface area contributed by atoms with Gasteiger partial charge in [0.1, 0.15) is 11.4 Å². The third-order valence-corrected chi connectivity index (χ3v) is 1.87. The quantitative estimate of drug-likeness (QED) is 0.712. The average molecular weight is 181 g/mol. The van der Waals surface area contributed by atoms with Crippen LogP contribution in [0.5, 0.6) is 5.75 Å². The summed E-state index contributed by atoms with van der Waals surface area (Å²) in [5.41, 5.74) is 0.556. The van der Waals surface area contributed by atoms with Crippen LogP contribution in [0.3, 0.4) is 0 Å². The second-order valence-electron chi connectivity index (χ2n) is 2.79. The molecule has 1 aromatic rings. The smallest absolute Gasteiger partial charge is 0.190 e. The first-order valence-electron chi connectivity index (χ1n) is 4.24. The molecule has 0 spiro atoms. The highest BCUT2D eigenvalue weighted by molar-refractivity contribution is 5.29. The van der Waals surface area contributed by atoms with Crippen molar-refractivity contribution in [1.29, 1.82) is 0 Å². The van der Waals surface area contributed by atoms with E-state index in [1.165, 1.54) is 0 Å². The van der Waals surface area contributed by atoms with Crippen LogP contribution < -0.4 is 0 Å². The molecule has 1 aromatic heterocycles. The lowest BCUT2D eigenvalue weighted by Gasteiger charge is -1.97. The van der Waals surface area contributed by atoms with E-state index in [-0.39, 0.29) is 18.1 Å². The van der Waals surface area contributed by atoms with Gasteiger partial charge < -0.3 is 14.6 Å². The molecular formula is C9H11NO3. The van der Waals surface area contributed by atoms with Crippen LogP contribution in [0.25, 0.3) is 0 Å². The van der Waals surface area contributed by atoms with Crippen molar-refractivity contribution >= 4 is 0 Å². The number of aromatic hydroxyl groups is 1. The van der Waals surface area contributed by atoms with E-state index in [4.69, 9.17) is 9.47 Å². The van der Waals surface area contributed by atoms with Crippen LogP contribution in [0.1, 0.15) is 18.7 Å². The highest BCUT2D eigenvalue weighted by Crippen LogP contribution is 2.41. The molecule has 0 saturated carbocycles. The van der Waals surface area contributed by atoms with Crippen molar-refractivity contribution in [2.45, 2.75) is 19.3 Å². The lowest BCUT2D eigenvalue weighted by Crippen LogP contribution is -1.97. The molecular weight excluding hydrogens is 170 g/mol. The third kappa shape index (κ3) is 1.64. The van der Waals surface area contributed by atoms with Crippen LogP contribution in [0.2, 0.25) is 0 Å². The van der Waals surface area contributed by atoms with Gasteiger partial charge in [0.2, 0.25) is 0 Å². The van der Waals surface area contributed by atoms with Crippen LogP contribution in [0, 0.1) is 0 Å². The molecule has 2 heterocycles. The Kier molecular flexibility index (Phi) is 2.16. The van der Waals surface area contributed by atoms with Gasteiger partial charge >= 0.3 is 0 Å². The van der Waals surface area contributed by atoms with Gasteiger partial charge in [0.25, 0.3) is 0 Å². The molecule has 1 fully saturated rings. The topological polar surface area (TPSA) is 54.9 Å². The molecule has 70 valence electrons. The molecule has 0 aliphatic carbocycles. The van der Waals surface area contributed by atoms with Gasteiger partial charge in [-0.1, -0.05) is 0 Å². The fourth-order valence-electron chi connectivity index (χ4n) is 1.21. The highest BCUT2D eigenvalue weighted by Gasteiger charge is 2.43. The Morgan fingerprint density at radius 2 is 2.54 bits per heavy atom. The van der Waals surface area contributed by atoms with Crippen molar-refractivity contribution in [2.75, 3.05) is 6.61 Å². The number of aromatic nitrogens is 1. The summed E-state index contributed by atoms with van der Waals surface area (Å²) in [6, 6.07) is 3.27. The Bertz CT molecular complexity index is 303. The zero-order chi connectivity index (χ0) is 9.26. The number of rotatable bonds is 3. The molecule has 1 saturated heterocycles. The predicted molar refractivity (Wildman–Crippen MR) is 45.1 cm³/mol. The largest absolute Gasteiger partial charge is 0.506 e. The summed E-state index contributed by atoms with van der Waals surface area (Å²) < 4.78 is 10.4. The molecule has 13 heavy (non-hydrogen) atoms. The van der Waals surface area contributed by atoms with Gasteiger partial charge in [0.05, 0.1) is 0 Å². The summed E-state index contributed by atoms with van der Waals surface area (Å²) in [5.74, 6) is 0.162. The first kappa shape index (κ1) is 8.47. The maximum absolute atomic E-state index is 9.41. The van der Waals surface area contributed by atoms with E-state index in [1.807, 2.05) is 6.92 Å². The Morgan fingerprint density at radius 1 is 1.69 bits per heavy atom. The van der Waals surface area contributed by atoms with Gasteiger partial charge in [-0.3, -0.25) is 4.98 Å². The number of hydrogen-bond acceptors (Lipinski definition) is 4. The first-order valence-corrected chi connectivity index (χ1v) is 4.24. The predicted octanol–water partition coefficient (Wildman–Crippen LogP) is 1.22. The summed E-state index contributed by atoms with van der Waals surface area (Å²) >= 11 is 0. The molecule has 4 nitrogen and oxygen atoms in total. The monoisotopic (exact) mass is 181 g/mol. The second kappa shape index (κ2) is 3.32. The Morgan fingerprint density at radius 3 is 3.23 bits per heavy atom. The number of ether oxygens (including phenoxy) is 2.